The van der Waals surface area contributed by atoms with Crippen molar-refractivity contribution in [2.24, 2.45) is 0 Å². The maximum Gasteiger partial charge on any atom is 0.271 e. The molecule has 1 amide bonds. The molecule has 0 unspecified atom stereocenters. The van der Waals surface area contributed by atoms with Crippen molar-refractivity contribution in [2.45, 2.75) is 6.54 Å². The van der Waals surface area contributed by atoms with Gasteiger partial charge in [-0.1, -0.05) is 0 Å². The summed E-state index contributed by atoms with van der Waals surface area (Å²) in [6, 6.07) is 2.62. The Hall–Kier alpha value is -1.73. The van der Waals surface area contributed by atoms with Crippen molar-refractivity contribution in [1.82, 2.24) is 15.1 Å². The fraction of sp³-hybridized carbons (Fsp3) is 0.500. The number of ether oxygens (including phenoxy) is 1. The van der Waals surface area contributed by atoms with Crippen LogP contribution in [0.2, 0.25) is 0 Å². The summed E-state index contributed by atoms with van der Waals surface area (Å²) in [4.78, 5) is 22.9. The summed E-state index contributed by atoms with van der Waals surface area (Å²) >= 11 is 0. The molecule has 1 aromatic rings. The fourth-order valence-electron chi connectivity index (χ4n) is 1.17. The highest BCUT2D eigenvalue weighted by atomic mass is 16.5. The third-order valence-corrected chi connectivity index (χ3v) is 2.00. The highest BCUT2D eigenvalue weighted by Crippen LogP contribution is 1.90. The number of rotatable bonds is 6. The minimum Gasteiger partial charge on any atom is -0.395 e. The molecule has 2 N–H and O–H groups in total. The number of aromatic nitrogens is 2. The molecule has 7 nitrogen and oxygen atoms in total. The summed E-state index contributed by atoms with van der Waals surface area (Å²) in [5, 5.41) is 14.9. The van der Waals surface area contributed by atoms with Gasteiger partial charge >= 0.3 is 0 Å². The smallest absolute Gasteiger partial charge is 0.271 e. The van der Waals surface area contributed by atoms with Crippen molar-refractivity contribution in [3.8, 4) is 0 Å². The van der Waals surface area contributed by atoms with Crippen LogP contribution in [0.25, 0.3) is 0 Å². The summed E-state index contributed by atoms with van der Waals surface area (Å²) < 4.78 is 6.00. The highest BCUT2D eigenvalue weighted by molar-refractivity contribution is 5.91. The Kier molecular flexibility index (Phi) is 5.31. The van der Waals surface area contributed by atoms with Crippen LogP contribution in [-0.2, 0) is 11.3 Å². The third kappa shape index (κ3) is 3.97. The first-order valence-corrected chi connectivity index (χ1v) is 5.15. The molecule has 0 saturated carbocycles. The van der Waals surface area contributed by atoms with E-state index in [9.17, 15) is 9.59 Å². The van der Waals surface area contributed by atoms with Crippen LogP contribution in [0.5, 0.6) is 0 Å². The minimum absolute atomic E-state index is 0.133. The normalized spacial score (nSPS) is 10.2. The number of methoxy groups -OCH3 is 1. The summed E-state index contributed by atoms with van der Waals surface area (Å²) in [6.07, 6.45) is 0. The molecule has 0 aliphatic heterocycles. The van der Waals surface area contributed by atoms with Crippen LogP contribution in [0, 0.1) is 0 Å². The SMILES string of the molecule is COCCn1nc(C(=O)NCCO)ccc1=O. The molecule has 94 valence electrons. The van der Waals surface area contributed by atoms with Crippen molar-refractivity contribution in [1.29, 1.82) is 0 Å². The van der Waals surface area contributed by atoms with Gasteiger partial charge in [0.25, 0.3) is 11.5 Å². The van der Waals surface area contributed by atoms with Gasteiger partial charge in [-0.2, -0.15) is 5.10 Å². The maximum absolute atomic E-state index is 11.5. The standard InChI is InChI=1S/C10H15N3O4/c1-17-7-5-13-9(15)3-2-8(12-13)10(16)11-4-6-14/h2-3,14H,4-7H2,1H3,(H,11,16). The lowest BCUT2D eigenvalue weighted by atomic mass is 10.3. The fourth-order valence-corrected chi connectivity index (χ4v) is 1.17. The van der Waals surface area contributed by atoms with Crippen LogP contribution >= 0.6 is 0 Å². The molecule has 0 radical (unpaired) electrons. The van der Waals surface area contributed by atoms with E-state index in [2.05, 4.69) is 10.4 Å². The molecule has 0 spiro atoms. The number of nitrogens with zero attached hydrogens (tertiary/aromatic N) is 2. The Morgan fingerprint density at radius 3 is 3.00 bits per heavy atom. The zero-order chi connectivity index (χ0) is 12.7. The Morgan fingerprint density at radius 2 is 2.35 bits per heavy atom. The molecule has 0 fully saturated rings. The number of nitrogens with one attached hydrogen (secondary N) is 1. The zero-order valence-corrected chi connectivity index (χ0v) is 9.55. The Bertz CT molecular complexity index is 430. The van der Waals surface area contributed by atoms with Crippen LogP contribution < -0.4 is 10.9 Å². The first-order chi connectivity index (χ1) is 8.19. The summed E-state index contributed by atoms with van der Waals surface area (Å²) in [7, 11) is 1.52. The second kappa shape index (κ2) is 6.77. The van der Waals surface area contributed by atoms with Crippen LogP contribution in [0.3, 0.4) is 0 Å². The molecule has 1 rings (SSSR count). The molecule has 0 bridgehead atoms. The predicted octanol–water partition coefficient (Wildman–Crippen LogP) is -1.39. The minimum atomic E-state index is -0.426. The Balaban J connectivity index is 2.80. The van der Waals surface area contributed by atoms with Crippen LogP contribution in [0.15, 0.2) is 16.9 Å². The number of carbonyl (C=O) groups excluding carboxylic acids is 1. The van der Waals surface area contributed by atoms with E-state index in [0.29, 0.717) is 6.61 Å². The molecule has 1 heterocycles. The van der Waals surface area contributed by atoms with Crippen molar-refractivity contribution in [3.63, 3.8) is 0 Å². The molecule has 0 atom stereocenters. The van der Waals surface area contributed by atoms with E-state index >= 15 is 0 Å². The number of amides is 1. The van der Waals surface area contributed by atoms with Gasteiger partial charge in [-0.05, 0) is 6.07 Å². The molecule has 7 heteroatoms. The van der Waals surface area contributed by atoms with Gasteiger partial charge in [0.05, 0.1) is 19.8 Å². The number of carbonyl (C=O) groups is 1. The summed E-state index contributed by atoms with van der Waals surface area (Å²) in [6.45, 7) is 0.637. The van der Waals surface area contributed by atoms with Gasteiger partial charge in [0.2, 0.25) is 0 Å². The lowest BCUT2D eigenvalue weighted by molar-refractivity contribution is 0.0936. The quantitative estimate of drug-likeness (QED) is 0.639. The second-order valence-electron chi connectivity index (χ2n) is 3.25. The molecular formula is C10H15N3O4. The van der Waals surface area contributed by atoms with Crippen molar-refractivity contribution < 1.29 is 14.6 Å². The van der Waals surface area contributed by atoms with E-state index in [4.69, 9.17) is 9.84 Å². The van der Waals surface area contributed by atoms with Gasteiger partial charge in [-0.3, -0.25) is 9.59 Å². The largest absolute Gasteiger partial charge is 0.395 e. The van der Waals surface area contributed by atoms with Crippen molar-refractivity contribution in [3.05, 3.63) is 28.2 Å². The monoisotopic (exact) mass is 241 g/mol. The highest BCUT2D eigenvalue weighted by Gasteiger charge is 2.08. The molecule has 0 aliphatic rings. The second-order valence-corrected chi connectivity index (χ2v) is 3.25. The number of hydrogen-bond acceptors (Lipinski definition) is 5. The average Bonchev–Trinajstić information content (AvgIpc) is 2.35. The Morgan fingerprint density at radius 1 is 1.59 bits per heavy atom. The van der Waals surface area contributed by atoms with Gasteiger partial charge in [0, 0.05) is 19.7 Å². The first kappa shape index (κ1) is 13.3. The maximum atomic E-state index is 11.5. The van der Waals surface area contributed by atoms with Gasteiger partial charge in [-0.15, -0.1) is 0 Å². The van der Waals surface area contributed by atoms with Crippen LogP contribution in [0.1, 0.15) is 10.5 Å². The van der Waals surface area contributed by atoms with Crippen molar-refractivity contribution in [2.75, 3.05) is 26.9 Å². The van der Waals surface area contributed by atoms with Gasteiger partial charge in [0.1, 0.15) is 5.69 Å². The van der Waals surface area contributed by atoms with Gasteiger partial charge in [-0.25, -0.2) is 4.68 Å². The lowest BCUT2D eigenvalue weighted by Crippen LogP contribution is -2.31. The first-order valence-electron chi connectivity index (χ1n) is 5.15. The van der Waals surface area contributed by atoms with E-state index in [1.54, 1.807) is 0 Å². The van der Waals surface area contributed by atoms with Gasteiger partial charge < -0.3 is 15.2 Å². The van der Waals surface area contributed by atoms with Crippen molar-refractivity contribution >= 4 is 5.91 Å². The molecule has 0 aromatic carbocycles. The zero-order valence-electron chi connectivity index (χ0n) is 9.55. The molecule has 17 heavy (non-hydrogen) atoms. The van der Waals surface area contributed by atoms with E-state index < -0.39 is 5.91 Å². The summed E-state index contributed by atoms with van der Waals surface area (Å²) in [5.74, 6) is -0.426. The number of hydrogen-bond donors (Lipinski definition) is 2. The topological polar surface area (TPSA) is 93.5 Å². The number of aliphatic hydroxyl groups is 1. The third-order valence-electron chi connectivity index (χ3n) is 2.00. The number of aliphatic hydroxyl groups excluding tert-OH is 1. The van der Waals surface area contributed by atoms with E-state index in [1.165, 1.54) is 19.2 Å². The molecular weight excluding hydrogens is 226 g/mol. The van der Waals surface area contributed by atoms with E-state index in [0.717, 1.165) is 4.68 Å². The van der Waals surface area contributed by atoms with Crippen LogP contribution in [0.4, 0.5) is 0 Å². The predicted molar refractivity (Wildman–Crippen MR) is 59.8 cm³/mol. The summed E-state index contributed by atoms with van der Waals surface area (Å²) in [5.41, 5.74) is -0.157. The average molecular weight is 241 g/mol. The van der Waals surface area contributed by atoms with Gasteiger partial charge in [0.15, 0.2) is 0 Å². The molecule has 1 aromatic heterocycles. The van der Waals surface area contributed by atoms with Crippen LogP contribution in [-0.4, -0.2) is 47.7 Å². The van der Waals surface area contributed by atoms with E-state index in [-0.39, 0.29) is 30.9 Å². The molecule has 0 aliphatic carbocycles. The lowest BCUT2D eigenvalue weighted by Gasteiger charge is -2.06. The van der Waals surface area contributed by atoms with E-state index in [1.807, 2.05) is 0 Å². The Labute approximate surface area is 98.0 Å². The molecule has 0 saturated heterocycles.